The molecule has 0 aliphatic carbocycles. The van der Waals surface area contributed by atoms with Gasteiger partial charge < -0.3 is 10.2 Å². The average molecular weight is 420 g/mol. The molecule has 0 bridgehead atoms. The number of carbonyl (C=O) groups excluding carboxylic acids is 1. The first-order valence-electron chi connectivity index (χ1n) is 7.25. The molecule has 0 atom stereocenters. The van der Waals surface area contributed by atoms with Crippen LogP contribution in [0.15, 0.2) is 57.4 Å². The summed E-state index contributed by atoms with van der Waals surface area (Å²) >= 11 is 4.78. The van der Waals surface area contributed by atoms with Crippen LogP contribution in [0.1, 0.15) is 16.1 Å². The van der Waals surface area contributed by atoms with Crippen LogP contribution in [0.25, 0.3) is 5.69 Å². The van der Waals surface area contributed by atoms with Crippen LogP contribution in [0.5, 0.6) is 11.5 Å². The number of carbonyl (C=O) groups is 1. The van der Waals surface area contributed by atoms with Crippen LogP contribution in [-0.4, -0.2) is 20.7 Å². The number of thiazole rings is 1. The highest BCUT2D eigenvalue weighted by Crippen LogP contribution is 2.21. The maximum atomic E-state index is 12.2. The van der Waals surface area contributed by atoms with E-state index in [9.17, 15) is 15.0 Å². The zero-order valence-electron chi connectivity index (χ0n) is 13.1. The number of phenols is 2. The number of amides is 1. The normalized spacial score (nSPS) is 11.5. The van der Waals surface area contributed by atoms with Gasteiger partial charge in [0.1, 0.15) is 11.5 Å². The predicted molar refractivity (Wildman–Crippen MR) is 98.9 cm³/mol. The van der Waals surface area contributed by atoms with Crippen LogP contribution in [0.3, 0.4) is 0 Å². The lowest BCUT2D eigenvalue weighted by Crippen LogP contribution is -2.24. The predicted octanol–water partition coefficient (Wildman–Crippen LogP) is 3.27. The molecule has 2 aromatic carbocycles. The number of nitrogens with zero attached hydrogens (tertiary/aromatic N) is 2. The largest absolute Gasteiger partial charge is 0.508 e. The summed E-state index contributed by atoms with van der Waals surface area (Å²) in [5.41, 5.74) is 4.25. The number of benzene rings is 2. The zero-order chi connectivity index (χ0) is 18.0. The highest BCUT2D eigenvalue weighted by Gasteiger charge is 2.12. The lowest BCUT2D eigenvalue weighted by atomic mass is 10.2. The maximum Gasteiger partial charge on any atom is 0.275 e. The lowest BCUT2D eigenvalue weighted by Gasteiger charge is -2.07. The summed E-state index contributed by atoms with van der Waals surface area (Å²) in [6, 6.07) is 11.5. The second-order valence-corrected chi connectivity index (χ2v) is 6.98. The van der Waals surface area contributed by atoms with Gasteiger partial charge in [-0.25, -0.2) is 5.43 Å². The molecule has 0 fully saturated rings. The van der Waals surface area contributed by atoms with E-state index in [-0.39, 0.29) is 17.1 Å². The second kappa shape index (κ2) is 7.12. The van der Waals surface area contributed by atoms with Crippen molar-refractivity contribution in [1.29, 1.82) is 0 Å². The first-order chi connectivity index (χ1) is 12.0. The fourth-order valence-corrected chi connectivity index (χ4v) is 3.34. The molecule has 0 saturated heterocycles. The van der Waals surface area contributed by atoms with Crippen LogP contribution in [-0.2, 0) is 0 Å². The molecule has 0 spiro atoms. The topological polar surface area (TPSA) is 86.8 Å². The van der Waals surface area contributed by atoms with Gasteiger partial charge in [-0.15, -0.1) is 16.4 Å². The first-order valence-corrected chi connectivity index (χ1v) is 8.92. The average Bonchev–Trinajstić information content (AvgIpc) is 2.96. The fourth-order valence-electron chi connectivity index (χ4n) is 2.24. The number of aromatic hydroxyl groups is 2. The van der Waals surface area contributed by atoms with Gasteiger partial charge in [0, 0.05) is 21.2 Å². The molecule has 0 aliphatic heterocycles. The molecule has 0 unspecified atom stereocenters. The molecule has 8 heteroatoms. The minimum Gasteiger partial charge on any atom is -0.508 e. The molecule has 0 radical (unpaired) electrons. The van der Waals surface area contributed by atoms with Crippen molar-refractivity contribution in [3.05, 3.63) is 68.4 Å². The number of hydrogen-bond acceptors (Lipinski definition) is 5. The van der Waals surface area contributed by atoms with Gasteiger partial charge in [0.25, 0.3) is 5.91 Å². The summed E-state index contributed by atoms with van der Waals surface area (Å²) in [5.74, 6) is -0.949. The van der Waals surface area contributed by atoms with E-state index in [1.54, 1.807) is 0 Å². The number of hydrogen-bond donors (Lipinski definition) is 3. The van der Waals surface area contributed by atoms with E-state index >= 15 is 0 Å². The Morgan fingerprint density at radius 1 is 1.20 bits per heavy atom. The van der Waals surface area contributed by atoms with Crippen LogP contribution < -0.4 is 10.2 Å². The van der Waals surface area contributed by atoms with Gasteiger partial charge in [0.2, 0.25) is 4.80 Å². The van der Waals surface area contributed by atoms with Gasteiger partial charge in [0.15, 0.2) is 0 Å². The van der Waals surface area contributed by atoms with Gasteiger partial charge in [0.05, 0.1) is 5.56 Å². The number of aromatic nitrogens is 1. The molecule has 0 aliphatic rings. The van der Waals surface area contributed by atoms with Crippen molar-refractivity contribution in [2.45, 2.75) is 6.92 Å². The van der Waals surface area contributed by atoms with E-state index < -0.39 is 5.91 Å². The molecule has 6 nitrogen and oxygen atoms in total. The SMILES string of the molecule is Cc1cs/c(=N/NC(=O)c2cc(O)ccc2O)n1-c1ccc(Br)cc1. The molecule has 128 valence electrons. The Hall–Kier alpha value is -2.58. The zero-order valence-corrected chi connectivity index (χ0v) is 15.5. The third-order valence-electron chi connectivity index (χ3n) is 3.44. The first kappa shape index (κ1) is 17.2. The van der Waals surface area contributed by atoms with Gasteiger partial charge in [-0.2, -0.15) is 0 Å². The molecule has 25 heavy (non-hydrogen) atoms. The molecule has 0 saturated carbocycles. The Kier molecular flexibility index (Phi) is 4.91. The lowest BCUT2D eigenvalue weighted by molar-refractivity contribution is 0.0950. The molecule has 1 heterocycles. The van der Waals surface area contributed by atoms with Gasteiger partial charge in [-0.05, 0) is 49.4 Å². The Morgan fingerprint density at radius 3 is 2.64 bits per heavy atom. The molecule has 3 rings (SSSR count). The molecule has 1 amide bonds. The van der Waals surface area contributed by atoms with Crippen molar-refractivity contribution in [3.8, 4) is 17.2 Å². The number of aryl methyl sites for hydroxylation is 1. The summed E-state index contributed by atoms with van der Waals surface area (Å²) in [6.07, 6.45) is 0. The third-order valence-corrected chi connectivity index (χ3v) is 4.91. The molecular weight excluding hydrogens is 406 g/mol. The van der Waals surface area contributed by atoms with Crippen LogP contribution in [0, 0.1) is 6.92 Å². The van der Waals surface area contributed by atoms with Crippen molar-refractivity contribution in [2.24, 2.45) is 5.10 Å². The van der Waals surface area contributed by atoms with Gasteiger partial charge in [-0.1, -0.05) is 15.9 Å². The minimum absolute atomic E-state index is 0.0489. The fraction of sp³-hybridized carbons (Fsp3) is 0.0588. The Bertz CT molecular complexity index is 993. The van der Waals surface area contributed by atoms with Gasteiger partial charge >= 0.3 is 0 Å². The summed E-state index contributed by atoms with van der Waals surface area (Å²) in [4.78, 5) is 12.8. The highest BCUT2D eigenvalue weighted by molar-refractivity contribution is 9.10. The number of nitrogens with one attached hydrogen (secondary N) is 1. The summed E-state index contributed by atoms with van der Waals surface area (Å²) < 4.78 is 2.87. The molecule has 1 aromatic heterocycles. The minimum atomic E-state index is -0.609. The van der Waals surface area contributed by atoms with Crippen molar-refractivity contribution >= 4 is 33.2 Å². The van der Waals surface area contributed by atoms with E-state index in [1.807, 2.05) is 41.1 Å². The Morgan fingerprint density at radius 2 is 1.92 bits per heavy atom. The van der Waals surface area contributed by atoms with Crippen molar-refractivity contribution in [3.63, 3.8) is 0 Å². The van der Waals surface area contributed by atoms with Crippen LogP contribution in [0.2, 0.25) is 0 Å². The number of rotatable bonds is 3. The second-order valence-electron chi connectivity index (χ2n) is 5.23. The smallest absolute Gasteiger partial charge is 0.275 e. The van der Waals surface area contributed by atoms with Crippen molar-refractivity contribution in [2.75, 3.05) is 0 Å². The van der Waals surface area contributed by atoms with Crippen LogP contribution in [0.4, 0.5) is 0 Å². The number of phenolic OH excluding ortho intramolecular Hbond substituents is 2. The quantitative estimate of drug-likeness (QED) is 0.449. The third kappa shape index (κ3) is 3.75. The van der Waals surface area contributed by atoms with E-state index in [1.165, 1.54) is 29.5 Å². The van der Waals surface area contributed by atoms with E-state index in [0.29, 0.717) is 4.80 Å². The van der Waals surface area contributed by atoms with Crippen LogP contribution >= 0.6 is 27.3 Å². The van der Waals surface area contributed by atoms with E-state index in [2.05, 4.69) is 26.5 Å². The van der Waals surface area contributed by atoms with Gasteiger partial charge in [-0.3, -0.25) is 9.36 Å². The molecular formula is C17H14BrN3O3S. The maximum absolute atomic E-state index is 12.2. The standard InChI is InChI=1S/C17H14BrN3O3S/c1-10-9-25-17(21(10)12-4-2-11(18)3-5-12)20-19-16(24)14-8-13(22)6-7-15(14)23/h2-9,22-23H,1H3,(H,19,24)/b20-17+. The highest BCUT2D eigenvalue weighted by atomic mass is 79.9. The van der Waals surface area contributed by atoms with Crippen molar-refractivity contribution < 1.29 is 15.0 Å². The Balaban J connectivity index is 1.94. The number of halogens is 1. The molecule has 3 aromatic rings. The van der Waals surface area contributed by atoms with E-state index in [0.717, 1.165) is 15.9 Å². The Labute approximate surface area is 155 Å². The molecule has 3 N–H and O–H groups in total. The summed E-state index contributed by atoms with van der Waals surface area (Å²) in [7, 11) is 0. The van der Waals surface area contributed by atoms with E-state index in [4.69, 9.17) is 0 Å². The summed E-state index contributed by atoms with van der Waals surface area (Å²) in [5, 5.41) is 25.3. The summed E-state index contributed by atoms with van der Waals surface area (Å²) in [6.45, 7) is 1.94. The monoisotopic (exact) mass is 419 g/mol. The van der Waals surface area contributed by atoms with Crippen molar-refractivity contribution in [1.82, 2.24) is 9.99 Å².